The lowest BCUT2D eigenvalue weighted by atomic mass is 9.97. The van der Waals surface area contributed by atoms with Crippen molar-refractivity contribution in [1.29, 1.82) is 0 Å². The molecule has 1 N–H and O–H groups in total. The van der Waals surface area contributed by atoms with Crippen LogP contribution < -0.4 is 4.74 Å². The highest BCUT2D eigenvalue weighted by Crippen LogP contribution is 2.35. The third kappa shape index (κ3) is 3.80. The van der Waals surface area contributed by atoms with Gasteiger partial charge >= 0.3 is 0 Å². The summed E-state index contributed by atoms with van der Waals surface area (Å²) < 4.78 is 5.40. The number of hydrogen-bond acceptors (Lipinski definition) is 6. The topological polar surface area (TPSA) is 105 Å². The molecule has 0 aliphatic carbocycles. The van der Waals surface area contributed by atoms with Gasteiger partial charge in [-0.15, -0.1) is 0 Å². The molecule has 1 amide bonds. The summed E-state index contributed by atoms with van der Waals surface area (Å²) >= 11 is 0. The third-order valence-electron chi connectivity index (χ3n) is 4.28. The van der Waals surface area contributed by atoms with Crippen LogP contribution >= 0.6 is 0 Å². The summed E-state index contributed by atoms with van der Waals surface area (Å²) in [5.74, 6) is -0.207. The average molecular weight is 369 g/mol. The summed E-state index contributed by atoms with van der Waals surface area (Å²) in [6.45, 7) is 3.32. The van der Waals surface area contributed by atoms with E-state index in [-0.39, 0.29) is 18.7 Å². The predicted octanol–water partition coefficient (Wildman–Crippen LogP) is 2.74. The zero-order valence-corrected chi connectivity index (χ0v) is 15.0. The molecule has 1 heterocycles. The van der Waals surface area contributed by atoms with Gasteiger partial charge in [-0.05, 0) is 26.0 Å². The van der Waals surface area contributed by atoms with Gasteiger partial charge < -0.3 is 9.84 Å². The molecule has 0 saturated heterocycles. The highest BCUT2D eigenvalue weighted by Gasteiger charge is 2.44. The van der Waals surface area contributed by atoms with Crippen molar-refractivity contribution < 1.29 is 19.6 Å². The number of aryl methyl sites for hydroxylation is 1. The summed E-state index contributed by atoms with van der Waals surface area (Å²) in [5.41, 5.74) is 0.604. The lowest BCUT2D eigenvalue weighted by Gasteiger charge is -2.31. The Kier molecular flexibility index (Phi) is 4.91. The van der Waals surface area contributed by atoms with Gasteiger partial charge in [0, 0.05) is 29.8 Å². The number of ether oxygens (including phenoxy) is 1. The number of nitrogens with zero attached hydrogens (tertiary/aromatic N) is 3. The van der Waals surface area contributed by atoms with Crippen LogP contribution in [-0.2, 0) is 10.5 Å². The zero-order chi connectivity index (χ0) is 19.6. The normalized spacial score (nSPS) is 18.9. The molecular formula is C19H19N3O5. The molecule has 2 aromatic rings. The number of carbonyl (C=O) groups excluding carboxylic acids is 1. The summed E-state index contributed by atoms with van der Waals surface area (Å²) in [6.07, 6.45) is 0.208. The van der Waals surface area contributed by atoms with Crippen molar-refractivity contribution in [1.82, 2.24) is 5.01 Å². The van der Waals surface area contributed by atoms with Gasteiger partial charge in [0.05, 0.1) is 4.92 Å². The average Bonchev–Trinajstić information content (AvgIpc) is 2.96. The molecule has 8 nitrogen and oxygen atoms in total. The second kappa shape index (κ2) is 7.16. The molecule has 27 heavy (non-hydrogen) atoms. The minimum atomic E-state index is -1.56. The number of nitro benzene ring substituents is 1. The van der Waals surface area contributed by atoms with Crippen LogP contribution in [0.1, 0.15) is 24.5 Å². The largest absolute Gasteiger partial charge is 0.484 e. The summed E-state index contributed by atoms with van der Waals surface area (Å²) in [7, 11) is 0. The fraction of sp³-hybridized carbons (Fsp3) is 0.263. The first-order valence-corrected chi connectivity index (χ1v) is 8.33. The Labute approximate surface area is 155 Å². The van der Waals surface area contributed by atoms with Gasteiger partial charge in [0.25, 0.3) is 11.6 Å². The maximum absolute atomic E-state index is 12.6. The van der Waals surface area contributed by atoms with Gasteiger partial charge in [0.15, 0.2) is 12.3 Å². The second-order valence-corrected chi connectivity index (χ2v) is 6.44. The number of rotatable bonds is 5. The maximum Gasteiger partial charge on any atom is 0.283 e. The minimum absolute atomic E-state index is 0.0674. The number of amides is 1. The summed E-state index contributed by atoms with van der Waals surface area (Å²) in [6, 6.07) is 12.7. The molecule has 1 aliphatic heterocycles. The number of nitro groups is 1. The number of hydrazone groups is 1. The van der Waals surface area contributed by atoms with E-state index in [0.29, 0.717) is 17.0 Å². The number of hydrogen-bond donors (Lipinski definition) is 1. The zero-order valence-electron chi connectivity index (χ0n) is 15.0. The van der Waals surface area contributed by atoms with E-state index >= 15 is 0 Å². The van der Waals surface area contributed by atoms with Crippen LogP contribution in [0.5, 0.6) is 5.75 Å². The molecule has 0 spiro atoms. The molecule has 0 fully saturated rings. The molecule has 0 bridgehead atoms. The summed E-state index contributed by atoms with van der Waals surface area (Å²) in [5, 5.41) is 27.0. The highest BCUT2D eigenvalue weighted by molar-refractivity contribution is 5.89. The second-order valence-electron chi connectivity index (χ2n) is 6.44. The van der Waals surface area contributed by atoms with E-state index in [0.717, 1.165) is 10.6 Å². The Hall–Kier alpha value is -3.26. The van der Waals surface area contributed by atoms with Crippen LogP contribution in [0.3, 0.4) is 0 Å². The molecule has 1 atom stereocenters. The Bertz CT molecular complexity index is 893. The molecule has 0 aromatic heterocycles. The monoisotopic (exact) mass is 369 g/mol. The smallest absolute Gasteiger partial charge is 0.283 e. The SMILES string of the molecule is CC1=NN(C(=O)COc2ccc([N+](=O)[O-])cc2)[C@](O)(c2ccc(C)cc2)C1. The van der Waals surface area contributed by atoms with Crippen molar-refractivity contribution in [3.8, 4) is 5.75 Å². The fourth-order valence-electron chi connectivity index (χ4n) is 2.90. The molecule has 1 aliphatic rings. The van der Waals surface area contributed by atoms with Crippen LogP contribution in [-0.4, -0.2) is 33.3 Å². The van der Waals surface area contributed by atoms with Crippen molar-refractivity contribution in [2.45, 2.75) is 26.0 Å². The van der Waals surface area contributed by atoms with Crippen LogP contribution in [0.4, 0.5) is 5.69 Å². The van der Waals surface area contributed by atoms with E-state index in [9.17, 15) is 20.0 Å². The van der Waals surface area contributed by atoms with Crippen LogP contribution in [0, 0.1) is 17.0 Å². The lowest BCUT2D eigenvalue weighted by Crippen LogP contribution is -2.45. The van der Waals surface area contributed by atoms with E-state index in [1.54, 1.807) is 19.1 Å². The molecule has 8 heteroatoms. The molecule has 0 saturated carbocycles. The molecule has 0 radical (unpaired) electrons. The van der Waals surface area contributed by atoms with Gasteiger partial charge in [0.1, 0.15) is 5.75 Å². The van der Waals surface area contributed by atoms with Gasteiger partial charge in [0.2, 0.25) is 0 Å². The molecule has 140 valence electrons. The van der Waals surface area contributed by atoms with E-state index in [4.69, 9.17) is 4.74 Å². The van der Waals surface area contributed by atoms with Crippen molar-refractivity contribution >= 4 is 17.3 Å². The Morgan fingerprint density at radius 1 is 1.22 bits per heavy atom. The van der Waals surface area contributed by atoms with Crippen LogP contribution in [0.15, 0.2) is 53.6 Å². The minimum Gasteiger partial charge on any atom is -0.484 e. The van der Waals surface area contributed by atoms with Gasteiger partial charge in [-0.1, -0.05) is 29.8 Å². The van der Waals surface area contributed by atoms with E-state index in [1.165, 1.54) is 24.3 Å². The predicted molar refractivity (Wildman–Crippen MR) is 98.2 cm³/mol. The molecular weight excluding hydrogens is 350 g/mol. The maximum atomic E-state index is 12.6. The van der Waals surface area contributed by atoms with Crippen molar-refractivity contribution in [2.24, 2.45) is 5.10 Å². The first kappa shape index (κ1) is 18.5. The summed E-state index contributed by atoms with van der Waals surface area (Å²) in [4.78, 5) is 22.8. The van der Waals surface area contributed by atoms with Crippen LogP contribution in [0.2, 0.25) is 0 Å². The lowest BCUT2D eigenvalue weighted by molar-refractivity contribution is -0.384. The van der Waals surface area contributed by atoms with E-state index < -0.39 is 16.6 Å². The number of aliphatic hydroxyl groups is 1. The Morgan fingerprint density at radius 3 is 2.44 bits per heavy atom. The van der Waals surface area contributed by atoms with Crippen LogP contribution in [0.25, 0.3) is 0 Å². The molecule has 0 unspecified atom stereocenters. The first-order chi connectivity index (χ1) is 12.8. The Balaban J connectivity index is 1.73. The molecule has 3 rings (SSSR count). The van der Waals surface area contributed by atoms with Crippen molar-refractivity contribution in [3.63, 3.8) is 0 Å². The van der Waals surface area contributed by atoms with E-state index in [2.05, 4.69) is 5.10 Å². The Morgan fingerprint density at radius 2 is 1.85 bits per heavy atom. The van der Waals surface area contributed by atoms with Gasteiger partial charge in [-0.2, -0.15) is 10.1 Å². The van der Waals surface area contributed by atoms with Crippen molar-refractivity contribution in [2.75, 3.05) is 6.61 Å². The van der Waals surface area contributed by atoms with Gasteiger partial charge in [-0.3, -0.25) is 14.9 Å². The van der Waals surface area contributed by atoms with E-state index in [1.807, 2.05) is 19.1 Å². The highest BCUT2D eigenvalue weighted by atomic mass is 16.6. The molecule has 2 aromatic carbocycles. The number of non-ortho nitro benzene ring substituents is 1. The number of carbonyl (C=O) groups is 1. The van der Waals surface area contributed by atoms with Gasteiger partial charge in [-0.25, -0.2) is 0 Å². The third-order valence-corrected chi connectivity index (χ3v) is 4.28. The fourth-order valence-corrected chi connectivity index (χ4v) is 2.90. The van der Waals surface area contributed by atoms with Crippen molar-refractivity contribution in [3.05, 3.63) is 69.8 Å². The standard InChI is InChI=1S/C19H19N3O5/c1-13-3-5-15(6-4-13)19(24)11-14(2)20-21(19)18(23)12-27-17-9-7-16(8-10-17)22(25)26/h3-10,24H,11-12H2,1-2H3/t19-/m1/s1. The first-order valence-electron chi connectivity index (χ1n) is 8.33. The quantitative estimate of drug-likeness (QED) is 0.644. The number of benzene rings is 2.